The van der Waals surface area contributed by atoms with Crippen LogP contribution in [0.1, 0.15) is 48.6 Å². The van der Waals surface area contributed by atoms with Gasteiger partial charge in [0.05, 0.1) is 17.6 Å². The third-order valence-corrected chi connectivity index (χ3v) is 4.64. The molecule has 3 N–H and O–H groups in total. The van der Waals surface area contributed by atoms with Crippen LogP contribution in [0.25, 0.3) is 5.57 Å². The molecule has 0 saturated heterocycles. The zero-order chi connectivity index (χ0) is 20.3. The molecule has 3 atom stereocenters. The standard InChI is InChI=1S/C21H24ClN3O3/c1-12(2)27-19-9-6-15(10-17(19)22)20-11-18(25-28-20)21(26)24-16-7-4-14(5-8-16)13(3)23/h4-13,17,19H,23H2,1-3H3,(H,24,26)/t13-,17?,19?/m1/s1. The minimum absolute atomic E-state index is 0.0593. The number of carbonyl (C=O) groups excluding carboxylic acids is 1. The Morgan fingerprint density at radius 2 is 2.00 bits per heavy atom. The summed E-state index contributed by atoms with van der Waals surface area (Å²) in [5.74, 6) is 0.120. The Kier molecular flexibility index (Phi) is 6.34. The van der Waals surface area contributed by atoms with Crippen LogP contribution in [0.15, 0.2) is 53.1 Å². The molecule has 148 valence electrons. The summed E-state index contributed by atoms with van der Waals surface area (Å²) in [7, 11) is 0. The van der Waals surface area contributed by atoms with Gasteiger partial charge in [0.15, 0.2) is 11.5 Å². The van der Waals surface area contributed by atoms with Crippen molar-refractivity contribution in [2.75, 3.05) is 5.32 Å². The van der Waals surface area contributed by atoms with Gasteiger partial charge in [0.1, 0.15) is 0 Å². The van der Waals surface area contributed by atoms with E-state index in [0.29, 0.717) is 11.4 Å². The second-order valence-electron chi connectivity index (χ2n) is 7.02. The number of alkyl halides is 1. The first-order valence-electron chi connectivity index (χ1n) is 9.17. The number of amides is 1. The van der Waals surface area contributed by atoms with Crippen molar-refractivity contribution in [3.05, 3.63) is 65.6 Å². The van der Waals surface area contributed by atoms with Crippen molar-refractivity contribution in [1.82, 2.24) is 5.16 Å². The molecule has 0 bridgehead atoms. The highest BCUT2D eigenvalue weighted by Crippen LogP contribution is 2.27. The summed E-state index contributed by atoms with van der Waals surface area (Å²) < 4.78 is 11.1. The van der Waals surface area contributed by atoms with Gasteiger partial charge in [-0.1, -0.05) is 35.5 Å². The second-order valence-corrected chi connectivity index (χ2v) is 7.52. The maximum Gasteiger partial charge on any atom is 0.277 e. The van der Waals surface area contributed by atoms with Gasteiger partial charge in [-0.05, 0) is 38.5 Å². The number of benzene rings is 1. The predicted molar refractivity (Wildman–Crippen MR) is 110 cm³/mol. The van der Waals surface area contributed by atoms with Crippen LogP contribution >= 0.6 is 11.6 Å². The van der Waals surface area contributed by atoms with E-state index >= 15 is 0 Å². The lowest BCUT2D eigenvalue weighted by molar-refractivity contribution is 0.0388. The maximum absolute atomic E-state index is 12.4. The molecule has 1 amide bonds. The molecule has 7 heteroatoms. The average molecular weight is 402 g/mol. The number of halogens is 1. The zero-order valence-corrected chi connectivity index (χ0v) is 16.8. The second kappa shape index (κ2) is 8.73. The van der Waals surface area contributed by atoms with E-state index < -0.39 is 0 Å². The summed E-state index contributed by atoms with van der Waals surface area (Å²) in [6.07, 6.45) is 5.46. The van der Waals surface area contributed by atoms with Crippen molar-refractivity contribution in [2.45, 2.75) is 44.4 Å². The fourth-order valence-electron chi connectivity index (χ4n) is 2.81. The number of anilines is 1. The molecular weight excluding hydrogens is 378 g/mol. The lowest BCUT2D eigenvalue weighted by atomic mass is 10.0. The molecule has 28 heavy (non-hydrogen) atoms. The summed E-state index contributed by atoms with van der Waals surface area (Å²) in [4.78, 5) is 12.4. The predicted octanol–water partition coefficient (Wildman–Crippen LogP) is 4.30. The molecule has 0 fully saturated rings. The Morgan fingerprint density at radius 3 is 2.61 bits per heavy atom. The maximum atomic E-state index is 12.4. The van der Waals surface area contributed by atoms with Crippen LogP contribution in [0, 0.1) is 0 Å². The molecule has 0 saturated carbocycles. The molecule has 2 unspecified atom stereocenters. The van der Waals surface area contributed by atoms with E-state index in [4.69, 9.17) is 26.6 Å². The normalized spacial score (nSPS) is 20.1. The lowest BCUT2D eigenvalue weighted by Crippen LogP contribution is -2.26. The average Bonchev–Trinajstić information content (AvgIpc) is 3.14. The smallest absolute Gasteiger partial charge is 0.277 e. The van der Waals surface area contributed by atoms with Gasteiger partial charge in [0.2, 0.25) is 0 Å². The van der Waals surface area contributed by atoms with E-state index in [2.05, 4.69) is 10.5 Å². The molecule has 1 aromatic carbocycles. The number of hydrogen-bond acceptors (Lipinski definition) is 5. The number of ether oxygens (including phenoxy) is 1. The van der Waals surface area contributed by atoms with Gasteiger partial charge in [0, 0.05) is 23.4 Å². The molecule has 2 aromatic rings. The van der Waals surface area contributed by atoms with E-state index in [1.807, 2.05) is 51.1 Å². The summed E-state index contributed by atoms with van der Waals surface area (Å²) in [6.45, 7) is 5.83. The van der Waals surface area contributed by atoms with E-state index in [0.717, 1.165) is 11.1 Å². The first-order valence-corrected chi connectivity index (χ1v) is 9.60. The van der Waals surface area contributed by atoms with Crippen LogP contribution in [0.4, 0.5) is 5.69 Å². The number of aromatic nitrogens is 1. The number of nitrogens with one attached hydrogen (secondary N) is 1. The van der Waals surface area contributed by atoms with Gasteiger partial charge in [-0.15, -0.1) is 11.6 Å². The van der Waals surface area contributed by atoms with Gasteiger partial charge in [0.25, 0.3) is 5.91 Å². The number of carbonyl (C=O) groups is 1. The molecule has 0 radical (unpaired) electrons. The largest absolute Gasteiger partial charge is 0.370 e. The van der Waals surface area contributed by atoms with Gasteiger partial charge < -0.3 is 20.3 Å². The van der Waals surface area contributed by atoms with Crippen LogP contribution in [-0.2, 0) is 4.74 Å². The Hall–Kier alpha value is -2.41. The van der Waals surface area contributed by atoms with E-state index in [1.54, 1.807) is 18.2 Å². The fraction of sp³-hybridized carbons (Fsp3) is 0.333. The van der Waals surface area contributed by atoms with E-state index in [1.165, 1.54) is 0 Å². The molecule has 0 spiro atoms. The van der Waals surface area contributed by atoms with E-state index in [9.17, 15) is 4.79 Å². The SMILES string of the molecule is CC(C)OC1C=CC(c2cc(C(=O)Nc3ccc([C@@H](C)N)cc3)no2)=CC1Cl. The molecule has 1 aliphatic carbocycles. The first-order chi connectivity index (χ1) is 13.3. The molecule has 0 aliphatic heterocycles. The van der Waals surface area contributed by atoms with Crippen LogP contribution in [0.5, 0.6) is 0 Å². The number of rotatable bonds is 6. The Labute approximate surface area is 169 Å². The Bertz CT molecular complexity index is 885. The van der Waals surface area contributed by atoms with Crippen LogP contribution in [0.2, 0.25) is 0 Å². The number of allylic oxidation sites excluding steroid dienone is 2. The minimum Gasteiger partial charge on any atom is -0.370 e. The van der Waals surface area contributed by atoms with Crippen molar-refractivity contribution in [3.8, 4) is 0 Å². The van der Waals surface area contributed by atoms with E-state index in [-0.39, 0.29) is 35.2 Å². The Balaban J connectivity index is 1.67. The third kappa shape index (κ3) is 4.90. The van der Waals surface area contributed by atoms with Crippen molar-refractivity contribution in [2.24, 2.45) is 5.73 Å². The molecule has 1 aliphatic rings. The highest BCUT2D eigenvalue weighted by Gasteiger charge is 2.23. The number of nitrogens with zero attached hydrogens (tertiary/aromatic N) is 1. The van der Waals surface area contributed by atoms with Crippen molar-refractivity contribution < 1.29 is 14.1 Å². The number of nitrogens with two attached hydrogens (primary N) is 1. The first kappa shape index (κ1) is 20.3. The summed E-state index contributed by atoms with van der Waals surface area (Å²) in [5, 5.41) is 6.34. The van der Waals surface area contributed by atoms with Crippen molar-refractivity contribution in [1.29, 1.82) is 0 Å². The van der Waals surface area contributed by atoms with Crippen molar-refractivity contribution in [3.63, 3.8) is 0 Å². The molecule has 1 aromatic heterocycles. The van der Waals surface area contributed by atoms with Gasteiger partial charge in [-0.2, -0.15) is 0 Å². The van der Waals surface area contributed by atoms with Crippen LogP contribution in [0.3, 0.4) is 0 Å². The third-order valence-electron chi connectivity index (χ3n) is 4.27. The minimum atomic E-state index is -0.354. The van der Waals surface area contributed by atoms with Gasteiger partial charge in [-0.25, -0.2) is 0 Å². The van der Waals surface area contributed by atoms with Gasteiger partial charge in [-0.3, -0.25) is 4.79 Å². The summed E-state index contributed by atoms with van der Waals surface area (Å²) in [5.41, 5.74) is 8.43. The highest BCUT2D eigenvalue weighted by molar-refractivity contribution is 6.23. The zero-order valence-electron chi connectivity index (χ0n) is 16.1. The lowest BCUT2D eigenvalue weighted by Gasteiger charge is -2.23. The molecule has 3 rings (SSSR count). The summed E-state index contributed by atoms with van der Waals surface area (Å²) >= 11 is 6.38. The van der Waals surface area contributed by atoms with Gasteiger partial charge >= 0.3 is 0 Å². The van der Waals surface area contributed by atoms with Crippen LogP contribution < -0.4 is 11.1 Å². The quantitative estimate of drug-likeness (QED) is 0.704. The topological polar surface area (TPSA) is 90.4 Å². The molecular formula is C21H24ClN3O3. The number of hydrogen-bond donors (Lipinski definition) is 2. The van der Waals surface area contributed by atoms with Crippen LogP contribution in [-0.4, -0.2) is 28.6 Å². The monoisotopic (exact) mass is 401 g/mol. The molecule has 1 heterocycles. The fourth-order valence-corrected chi connectivity index (χ4v) is 3.09. The molecule has 6 nitrogen and oxygen atoms in total. The van der Waals surface area contributed by atoms with Crippen molar-refractivity contribution >= 4 is 28.8 Å². The Morgan fingerprint density at radius 1 is 1.29 bits per heavy atom. The summed E-state index contributed by atoms with van der Waals surface area (Å²) in [6, 6.07) is 8.89. The highest BCUT2D eigenvalue weighted by atomic mass is 35.5.